The maximum absolute atomic E-state index is 14.0. The quantitative estimate of drug-likeness (QED) is 0.746. The van der Waals surface area contributed by atoms with Gasteiger partial charge >= 0.3 is 0 Å². The van der Waals surface area contributed by atoms with Crippen LogP contribution < -0.4 is 4.90 Å². The molecule has 0 atom stereocenters. The molecular weight excluding hydrogens is 378 g/mol. The highest BCUT2D eigenvalue weighted by Crippen LogP contribution is 2.31. The van der Waals surface area contributed by atoms with Gasteiger partial charge in [-0.15, -0.1) is 0 Å². The van der Waals surface area contributed by atoms with Crippen molar-refractivity contribution in [1.82, 2.24) is 4.47 Å². The first-order chi connectivity index (χ1) is 12.8. The van der Waals surface area contributed by atoms with E-state index in [0.717, 1.165) is 12.1 Å². The zero-order chi connectivity index (χ0) is 19.8. The molecule has 0 aromatic heterocycles. The second-order valence-electron chi connectivity index (χ2n) is 6.07. The number of hydrogen-bond donors (Lipinski definition) is 0. The minimum Gasteiger partial charge on any atom is -0.308 e. The van der Waals surface area contributed by atoms with E-state index in [2.05, 4.69) is 0 Å². The molecule has 1 heterocycles. The smallest absolute Gasteiger partial charge is 0.264 e. The highest BCUT2D eigenvalue weighted by Gasteiger charge is 2.27. The van der Waals surface area contributed by atoms with E-state index in [1.807, 2.05) is 0 Å². The SMILES string of the molecule is CON(C)S(=O)(=O)c1ccc(C(=O)N2CCCc3c(F)cc(F)cc32)cc1. The Morgan fingerprint density at radius 3 is 2.48 bits per heavy atom. The summed E-state index contributed by atoms with van der Waals surface area (Å²) in [5, 5.41) is 0. The fourth-order valence-corrected chi connectivity index (χ4v) is 3.97. The monoisotopic (exact) mass is 396 g/mol. The van der Waals surface area contributed by atoms with E-state index in [0.29, 0.717) is 29.4 Å². The first kappa shape index (κ1) is 19.4. The van der Waals surface area contributed by atoms with Gasteiger partial charge in [0.1, 0.15) is 11.6 Å². The summed E-state index contributed by atoms with van der Waals surface area (Å²) >= 11 is 0. The van der Waals surface area contributed by atoms with Crippen LogP contribution in [-0.4, -0.2) is 39.5 Å². The summed E-state index contributed by atoms with van der Waals surface area (Å²) in [6.07, 6.45) is 0.970. The number of fused-ring (bicyclic) bond motifs is 1. The summed E-state index contributed by atoms with van der Waals surface area (Å²) in [5.41, 5.74) is 0.725. The number of benzene rings is 2. The van der Waals surface area contributed by atoms with Gasteiger partial charge in [-0.05, 0) is 43.2 Å². The number of rotatable bonds is 4. The summed E-state index contributed by atoms with van der Waals surface area (Å²) in [4.78, 5) is 18.8. The van der Waals surface area contributed by atoms with Crippen molar-refractivity contribution in [2.45, 2.75) is 17.7 Å². The third kappa shape index (κ3) is 3.58. The molecule has 27 heavy (non-hydrogen) atoms. The minimum absolute atomic E-state index is 0.0421. The molecule has 6 nitrogen and oxygen atoms in total. The average molecular weight is 396 g/mol. The molecule has 0 fully saturated rings. The van der Waals surface area contributed by atoms with Crippen molar-refractivity contribution in [3.8, 4) is 0 Å². The Morgan fingerprint density at radius 1 is 1.19 bits per heavy atom. The molecule has 1 aliphatic rings. The van der Waals surface area contributed by atoms with Crippen LogP contribution in [0, 0.1) is 11.6 Å². The average Bonchev–Trinajstić information content (AvgIpc) is 2.66. The molecule has 0 N–H and O–H groups in total. The first-order valence-corrected chi connectivity index (χ1v) is 9.62. The Balaban J connectivity index is 1.93. The van der Waals surface area contributed by atoms with Gasteiger partial charge in [-0.1, -0.05) is 4.47 Å². The molecule has 9 heteroatoms. The number of halogens is 2. The van der Waals surface area contributed by atoms with E-state index in [1.165, 1.54) is 43.3 Å². The van der Waals surface area contributed by atoms with Gasteiger partial charge in [0, 0.05) is 30.8 Å². The van der Waals surface area contributed by atoms with Crippen molar-refractivity contribution in [3.63, 3.8) is 0 Å². The van der Waals surface area contributed by atoms with Crippen molar-refractivity contribution in [3.05, 3.63) is 59.2 Å². The number of hydrogen-bond acceptors (Lipinski definition) is 4. The van der Waals surface area contributed by atoms with Gasteiger partial charge < -0.3 is 4.90 Å². The molecule has 0 radical (unpaired) electrons. The predicted molar refractivity (Wildman–Crippen MR) is 94.8 cm³/mol. The highest BCUT2D eigenvalue weighted by molar-refractivity contribution is 7.89. The van der Waals surface area contributed by atoms with Crippen LogP contribution in [0.15, 0.2) is 41.3 Å². The Morgan fingerprint density at radius 2 is 1.85 bits per heavy atom. The second kappa shape index (κ2) is 7.34. The lowest BCUT2D eigenvalue weighted by Crippen LogP contribution is -2.36. The molecule has 0 saturated heterocycles. The number of carbonyl (C=O) groups is 1. The fourth-order valence-electron chi connectivity index (χ4n) is 3.00. The predicted octanol–water partition coefficient (Wildman–Crippen LogP) is 2.74. The van der Waals surface area contributed by atoms with Gasteiger partial charge in [-0.25, -0.2) is 17.2 Å². The molecule has 0 spiro atoms. The fraction of sp³-hybridized carbons (Fsp3) is 0.278. The maximum Gasteiger partial charge on any atom is 0.264 e. The molecule has 3 rings (SSSR count). The van der Waals surface area contributed by atoms with Gasteiger partial charge in [0.15, 0.2) is 0 Å². The zero-order valence-corrected chi connectivity index (χ0v) is 15.6. The van der Waals surface area contributed by atoms with Crippen LogP contribution in [0.2, 0.25) is 0 Å². The number of sulfonamides is 1. The van der Waals surface area contributed by atoms with Crippen LogP contribution >= 0.6 is 0 Å². The maximum atomic E-state index is 14.0. The standard InChI is InChI=1S/C18H18F2N2O4S/c1-21(26-2)27(24,25)14-7-5-12(6-8-14)18(23)22-9-3-4-15-16(20)10-13(19)11-17(15)22/h5-8,10-11H,3-4,9H2,1-2H3. The van der Waals surface area contributed by atoms with Gasteiger partial charge in [0.25, 0.3) is 15.9 Å². The number of hydroxylamine groups is 1. The summed E-state index contributed by atoms with van der Waals surface area (Å²) in [6, 6.07) is 7.25. The van der Waals surface area contributed by atoms with Crippen molar-refractivity contribution in [1.29, 1.82) is 0 Å². The molecule has 0 aliphatic carbocycles. The van der Waals surface area contributed by atoms with Crippen LogP contribution in [0.1, 0.15) is 22.3 Å². The summed E-state index contributed by atoms with van der Waals surface area (Å²) < 4.78 is 52.7. The van der Waals surface area contributed by atoms with E-state index in [4.69, 9.17) is 4.84 Å². The normalized spacial score (nSPS) is 14.3. The number of anilines is 1. The van der Waals surface area contributed by atoms with Gasteiger partial charge in [0.05, 0.1) is 17.7 Å². The Bertz CT molecular complexity index is 978. The van der Waals surface area contributed by atoms with Crippen molar-refractivity contribution < 1.29 is 26.8 Å². The van der Waals surface area contributed by atoms with Crippen LogP contribution in [0.3, 0.4) is 0 Å². The second-order valence-corrected chi connectivity index (χ2v) is 8.00. The molecule has 1 aliphatic heterocycles. The van der Waals surface area contributed by atoms with Crippen molar-refractivity contribution >= 4 is 21.6 Å². The highest BCUT2D eigenvalue weighted by atomic mass is 32.2. The van der Waals surface area contributed by atoms with Crippen LogP contribution in [0.4, 0.5) is 14.5 Å². The Hall–Kier alpha value is -2.36. The summed E-state index contributed by atoms with van der Waals surface area (Å²) in [7, 11) is -1.35. The zero-order valence-electron chi connectivity index (χ0n) is 14.8. The largest absolute Gasteiger partial charge is 0.308 e. The minimum atomic E-state index is -3.83. The molecule has 0 bridgehead atoms. The van der Waals surface area contributed by atoms with Crippen LogP contribution in [0.5, 0.6) is 0 Å². The van der Waals surface area contributed by atoms with Crippen molar-refractivity contribution in [2.24, 2.45) is 0 Å². The van der Waals surface area contributed by atoms with Crippen LogP contribution in [-0.2, 0) is 21.3 Å². The molecule has 1 amide bonds. The number of nitrogens with zero attached hydrogens (tertiary/aromatic N) is 2. The van der Waals surface area contributed by atoms with Crippen LogP contribution in [0.25, 0.3) is 0 Å². The van der Waals surface area contributed by atoms with E-state index < -0.39 is 27.6 Å². The Labute approximate surface area is 156 Å². The summed E-state index contributed by atoms with van der Waals surface area (Å²) in [5.74, 6) is -1.88. The third-order valence-electron chi connectivity index (χ3n) is 4.48. The Kier molecular flexibility index (Phi) is 5.27. The number of carbonyl (C=O) groups excluding carboxylic acids is 1. The molecule has 0 unspecified atom stereocenters. The molecular formula is C18H18F2N2O4S. The summed E-state index contributed by atoms with van der Waals surface area (Å²) in [6.45, 7) is 0.321. The van der Waals surface area contributed by atoms with Gasteiger partial charge in [-0.2, -0.15) is 0 Å². The molecule has 144 valence electrons. The van der Waals surface area contributed by atoms with E-state index in [9.17, 15) is 22.0 Å². The molecule has 2 aromatic carbocycles. The van der Waals surface area contributed by atoms with E-state index in [-0.39, 0.29) is 16.1 Å². The first-order valence-electron chi connectivity index (χ1n) is 8.18. The lowest BCUT2D eigenvalue weighted by Gasteiger charge is -2.30. The van der Waals surface area contributed by atoms with Gasteiger partial charge in [-0.3, -0.25) is 9.63 Å². The lowest BCUT2D eigenvalue weighted by atomic mass is 10.00. The van der Waals surface area contributed by atoms with E-state index >= 15 is 0 Å². The van der Waals surface area contributed by atoms with Crippen molar-refractivity contribution in [2.75, 3.05) is 25.6 Å². The molecule has 2 aromatic rings. The lowest BCUT2D eigenvalue weighted by molar-refractivity contribution is -0.0258. The van der Waals surface area contributed by atoms with Gasteiger partial charge in [0.2, 0.25) is 0 Å². The topological polar surface area (TPSA) is 66.9 Å². The molecule has 0 saturated carbocycles. The number of amides is 1. The van der Waals surface area contributed by atoms with E-state index in [1.54, 1.807) is 0 Å². The third-order valence-corrected chi connectivity index (χ3v) is 6.17.